The Morgan fingerprint density at radius 3 is 2.70 bits per heavy atom. The molecule has 3 amide bonds. The molecule has 0 radical (unpaired) electrons. The highest BCUT2D eigenvalue weighted by molar-refractivity contribution is 8.09. The number of urea groups is 1. The molecule has 1 aromatic heterocycles. The minimum atomic E-state index is -0.695. The third kappa shape index (κ3) is 3.90. The van der Waals surface area contributed by atoms with Crippen molar-refractivity contribution in [3.8, 4) is 17.9 Å². The quantitative estimate of drug-likeness (QED) is 0.666. The van der Waals surface area contributed by atoms with Crippen molar-refractivity contribution in [1.82, 2.24) is 9.88 Å². The first-order valence-electron chi connectivity index (χ1n) is 9.99. The van der Waals surface area contributed by atoms with Crippen LogP contribution in [0.1, 0.15) is 23.1 Å². The molecular formula is C23H18FN5O3S. The predicted molar refractivity (Wildman–Crippen MR) is 120 cm³/mol. The third-order valence-corrected chi connectivity index (χ3v) is 6.75. The summed E-state index contributed by atoms with van der Waals surface area (Å²) in [5.41, 5.74) is 1.64. The molecule has 1 fully saturated rings. The van der Waals surface area contributed by atoms with Gasteiger partial charge in [0, 0.05) is 23.2 Å². The van der Waals surface area contributed by atoms with Crippen molar-refractivity contribution in [3.63, 3.8) is 0 Å². The zero-order valence-electron chi connectivity index (χ0n) is 17.8. The Morgan fingerprint density at radius 1 is 1.24 bits per heavy atom. The number of thioether (sulfide) groups is 1. The molecule has 2 atom stereocenters. The van der Waals surface area contributed by atoms with Crippen molar-refractivity contribution in [2.24, 2.45) is 0 Å². The van der Waals surface area contributed by atoms with Gasteiger partial charge in [0.2, 0.25) is 0 Å². The lowest BCUT2D eigenvalue weighted by Crippen LogP contribution is -2.62. The third-order valence-electron chi connectivity index (χ3n) is 5.41. The maximum atomic E-state index is 14.1. The number of aromatic nitrogens is 1. The SMILES string of the molecule is COc1cc(C2=CC3C(S2)C(=O)N(c2cncc(C)c2)C(=O)N3CCC#N)c(C#N)cc1F. The molecule has 3 heterocycles. The van der Waals surface area contributed by atoms with Crippen LogP contribution in [0.3, 0.4) is 0 Å². The summed E-state index contributed by atoms with van der Waals surface area (Å²) < 4.78 is 19.2. The van der Waals surface area contributed by atoms with E-state index >= 15 is 0 Å². The standard InChI is InChI=1S/C23H18FN5O3S/c1-13-6-15(12-27-11-13)29-22(30)21-18(28(23(29)31)5-3-4-25)9-20(33-21)16-8-19(32-2)17(24)7-14(16)10-26/h6-9,11-12,18,21H,3,5H2,1-2H3. The summed E-state index contributed by atoms with van der Waals surface area (Å²) in [6.07, 6.45) is 4.87. The number of methoxy groups -OCH3 is 1. The number of carbonyl (C=O) groups is 2. The van der Waals surface area contributed by atoms with Crippen LogP contribution in [0.5, 0.6) is 5.75 Å². The van der Waals surface area contributed by atoms with Gasteiger partial charge in [0.25, 0.3) is 5.91 Å². The van der Waals surface area contributed by atoms with Crippen molar-refractivity contribution in [1.29, 1.82) is 10.5 Å². The average Bonchev–Trinajstić information content (AvgIpc) is 3.24. The lowest BCUT2D eigenvalue weighted by Gasteiger charge is -2.40. The molecular weight excluding hydrogens is 445 g/mol. The normalized spacial score (nSPS) is 19.6. The van der Waals surface area contributed by atoms with Gasteiger partial charge >= 0.3 is 6.03 Å². The van der Waals surface area contributed by atoms with Crippen LogP contribution in [-0.2, 0) is 4.79 Å². The lowest BCUT2D eigenvalue weighted by molar-refractivity contribution is -0.119. The first kappa shape index (κ1) is 22.3. The van der Waals surface area contributed by atoms with E-state index in [9.17, 15) is 19.2 Å². The lowest BCUT2D eigenvalue weighted by atomic mass is 10.0. The van der Waals surface area contributed by atoms with Gasteiger partial charge in [-0.1, -0.05) is 0 Å². The van der Waals surface area contributed by atoms with Crippen LogP contribution in [0.2, 0.25) is 0 Å². The van der Waals surface area contributed by atoms with Gasteiger partial charge in [0.05, 0.1) is 49.2 Å². The maximum Gasteiger partial charge on any atom is 0.332 e. The zero-order chi connectivity index (χ0) is 23.7. The van der Waals surface area contributed by atoms with E-state index in [4.69, 9.17) is 10.00 Å². The number of amides is 3. The summed E-state index contributed by atoms with van der Waals surface area (Å²) in [4.78, 5) is 34.0. The van der Waals surface area contributed by atoms with Crippen LogP contribution >= 0.6 is 11.8 Å². The number of pyridine rings is 1. The molecule has 10 heteroatoms. The van der Waals surface area contributed by atoms with E-state index in [1.165, 1.54) is 36.0 Å². The highest BCUT2D eigenvalue weighted by Crippen LogP contribution is 2.46. The van der Waals surface area contributed by atoms with Crippen LogP contribution in [0, 0.1) is 35.4 Å². The van der Waals surface area contributed by atoms with Crippen LogP contribution < -0.4 is 9.64 Å². The molecule has 0 spiro atoms. The largest absolute Gasteiger partial charge is 0.494 e. The number of benzene rings is 1. The number of hydrogen-bond acceptors (Lipinski definition) is 7. The van der Waals surface area contributed by atoms with Crippen LogP contribution in [0.25, 0.3) is 4.91 Å². The molecule has 0 aliphatic carbocycles. The fraction of sp³-hybridized carbons (Fsp3) is 0.261. The maximum absolute atomic E-state index is 14.1. The highest BCUT2D eigenvalue weighted by atomic mass is 32.2. The van der Waals surface area contributed by atoms with E-state index in [0.29, 0.717) is 16.2 Å². The Labute approximate surface area is 193 Å². The second-order valence-corrected chi connectivity index (χ2v) is 8.67. The molecule has 4 rings (SSSR count). The predicted octanol–water partition coefficient (Wildman–Crippen LogP) is 3.62. The van der Waals surface area contributed by atoms with Gasteiger partial charge in [-0.2, -0.15) is 10.5 Å². The number of aryl methyl sites for hydroxylation is 1. The van der Waals surface area contributed by atoms with E-state index in [-0.39, 0.29) is 24.3 Å². The topological polar surface area (TPSA) is 110 Å². The molecule has 1 saturated heterocycles. The molecule has 0 bridgehead atoms. The molecule has 33 heavy (non-hydrogen) atoms. The van der Waals surface area contributed by atoms with Gasteiger partial charge in [-0.25, -0.2) is 14.1 Å². The van der Waals surface area contributed by atoms with Gasteiger partial charge in [-0.3, -0.25) is 9.78 Å². The number of hydrogen-bond donors (Lipinski definition) is 0. The number of nitrogens with zero attached hydrogens (tertiary/aromatic N) is 5. The smallest absolute Gasteiger partial charge is 0.332 e. The molecule has 2 aliphatic rings. The number of ether oxygens (including phenoxy) is 1. The number of nitriles is 2. The summed E-state index contributed by atoms with van der Waals surface area (Å²) in [6.45, 7) is 1.93. The van der Waals surface area contributed by atoms with E-state index in [1.54, 1.807) is 25.3 Å². The minimum absolute atomic E-state index is 0.0310. The Bertz CT molecular complexity index is 1270. The van der Waals surface area contributed by atoms with E-state index in [1.807, 2.05) is 12.1 Å². The Balaban J connectivity index is 1.78. The van der Waals surface area contributed by atoms with Crippen LogP contribution in [0.15, 0.2) is 36.7 Å². The Morgan fingerprint density at radius 2 is 2.03 bits per heavy atom. The molecule has 0 saturated carbocycles. The van der Waals surface area contributed by atoms with Crippen molar-refractivity contribution >= 4 is 34.3 Å². The molecule has 2 unspecified atom stereocenters. The summed E-state index contributed by atoms with van der Waals surface area (Å²) in [5.74, 6) is -1.12. The number of carbonyl (C=O) groups excluding carboxylic acids is 2. The average molecular weight is 463 g/mol. The number of fused-ring (bicyclic) bond motifs is 1. The van der Waals surface area contributed by atoms with Crippen molar-refractivity contribution in [3.05, 3.63) is 59.2 Å². The second-order valence-electron chi connectivity index (χ2n) is 7.48. The number of anilines is 1. The van der Waals surface area contributed by atoms with Crippen molar-refractivity contribution in [2.45, 2.75) is 24.6 Å². The minimum Gasteiger partial charge on any atom is -0.494 e. The van der Waals surface area contributed by atoms with Crippen molar-refractivity contribution < 1.29 is 18.7 Å². The molecule has 2 aliphatic heterocycles. The van der Waals surface area contributed by atoms with E-state index in [0.717, 1.165) is 16.5 Å². The van der Waals surface area contributed by atoms with Gasteiger partial charge in [-0.15, -0.1) is 11.8 Å². The fourth-order valence-corrected chi connectivity index (χ4v) is 5.25. The summed E-state index contributed by atoms with van der Waals surface area (Å²) in [6, 6.07) is 7.05. The van der Waals surface area contributed by atoms with Gasteiger partial charge < -0.3 is 9.64 Å². The Kier molecular flexibility index (Phi) is 6.03. The second kappa shape index (κ2) is 8.93. The van der Waals surface area contributed by atoms with Crippen LogP contribution in [-0.4, -0.2) is 46.8 Å². The van der Waals surface area contributed by atoms with Gasteiger partial charge in [0.1, 0.15) is 5.25 Å². The zero-order valence-corrected chi connectivity index (χ0v) is 18.6. The molecule has 8 nitrogen and oxygen atoms in total. The molecule has 1 aromatic carbocycles. The fourth-order valence-electron chi connectivity index (χ4n) is 3.89. The van der Waals surface area contributed by atoms with Gasteiger partial charge in [-0.05, 0) is 36.8 Å². The monoisotopic (exact) mass is 463 g/mol. The first-order valence-corrected chi connectivity index (χ1v) is 10.9. The Hall–Kier alpha value is -3.89. The molecule has 166 valence electrons. The van der Waals surface area contributed by atoms with Gasteiger partial charge in [0.15, 0.2) is 11.6 Å². The number of halogens is 1. The first-order chi connectivity index (χ1) is 15.9. The van der Waals surface area contributed by atoms with Crippen LogP contribution in [0.4, 0.5) is 14.9 Å². The number of rotatable bonds is 5. The molecule has 0 N–H and O–H groups in total. The summed E-state index contributed by atoms with van der Waals surface area (Å²) >= 11 is 1.20. The van der Waals surface area contributed by atoms with E-state index in [2.05, 4.69) is 4.98 Å². The molecule has 2 aromatic rings. The van der Waals surface area contributed by atoms with Crippen molar-refractivity contribution in [2.75, 3.05) is 18.6 Å². The number of imide groups is 1. The summed E-state index contributed by atoms with van der Waals surface area (Å²) in [7, 11) is 1.32. The summed E-state index contributed by atoms with van der Waals surface area (Å²) in [5, 5.41) is 17.9. The van der Waals surface area contributed by atoms with E-state index < -0.39 is 29.0 Å². The highest BCUT2D eigenvalue weighted by Gasteiger charge is 2.49.